The van der Waals surface area contributed by atoms with Gasteiger partial charge in [-0.05, 0) is 38.0 Å². The quantitative estimate of drug-likeness (QED) is 0.453. The summed E-state index contributed by atoms with van der Waals surface area (Å²) >= 11 is 2.99. The first-order valence-corrected chi connectivity index (χ1v) is 12.3. The number of amides is 2. The molecule has 1 fully saturated rings. The van der Waals surface area contributed by atoms with E-state index < -0.39 is 0 Å². The summed E-state index contributed by atoms with van der Waals surface area (Å²) in [6.07, 6.45) is 2.68. The molecule has 1 atom stereocenters. The van der Waals surface area contributed by atoms with E-state index in [0.29, 0.717) is 30.2 Å². The summed E-state index contributed by atoms with van der Waals surface area (Å²) in [7, 11) is 1.62. The number of rotatable bonds is 6. The van der Waals surface area contributed by atoms with Crippen LogP contribution in [0.1, 0.15) is 38.1 Å². The zero-order valence-corrected chi connectivity index (χ0v) is 20.1. The van der Waals surface area contributed by atoms with Gasteiger partial charge in [0.25, 0.3) is 11.8 Å². The van der Waals surface area contributed by atoms with E-state index in [4.69, 9.17) is 4.74 Å². The van der Waals surface area contributed by atoms with E-state index in [1.807, 2.05) is 49.7 Å². The minimum atomic E-state index is -0.181. The van der Waals surface area contributed by atoms with Gasteiger partial charge in [0, 0.05) is 24.7 Å². The molecule has 0 unspecified atom stereocenters. The van der Waals surface area contributed by atoms with E-state index in [0.717, 1.165) is 32.6 Å². The second kappa shape index (κ2) is 8.60. The Balaban J connectivity index is 1.31. The van der Waals surface area contributed by atoms with Crippen molar-refractivity contribution in [3.63, 3.8) is 0 Å². The van der Waals surface area contributed by atoms with Gasteiger partial charge in [-0.1, -0.05) is 12.1 Å². The zero-order valence-electron chi connectivity index (χ0n) is 18.5. The minimum Gasteiger partial charge on any atom is -0.497 e. The fourth-order valence-electron chi connectivity index (χ4n) is 4.05. The number of thiazole rings is 2. The number of ether oxygens (including phenoxy) is 1. The van der Waals surface area contributed by atoms with Crippen molar-refractivity contribution in [1.82, 2.24) is 24.6 Å². The highest BCUT2D eigenvalue weighted by atomic mass is 32.1. The number of methoxy groups -OCH3 is 1. The molecule has 1 aliphatic heterocycles. The summed E-state index contributed by atoms with van der Waals surface area (Å²) in [5.74, 6) is 0.444. The molecule has 1 aromatic carbocycles. The third kappa shape index (κ3) is 3.89. The Labute approximate surface area is 198 Å². The minimum absolute atomic E-state index is 0.0622. The molecule has 170 valence electrons. The lowest BCUT2D eigenvalue weighted by molar-refractivity contribution is 0.0451. The molecule has 2 amide bonds. The number of aryl methyl sites for hydroxylation is 2. The second-order valence-electron chi connectivity index (χ2n) is 7.90. The summed E-state index contributed by atoms with van der Waals surface area (Å²) < 4.78 is 7.14. The van der Waals surface area contributed by atoms with Gasteiger partial charge in [-0.15, -0.1) is 22.7 Å². The van der Waals surface area contributed by atoms with Gasteiger partial charge in [-0.25, -0.2) is 9.97 Å². The van der Waals surface area contributed by atoms with Crippen molar-refractivity contribution >= 4 is 39.4 Å². The van der Waals surface area contributed by atoms with E-state index in [1.165, 1.54) is 22.7 Å². The number of benzene rings is 1. The highest BCUT2D eigenvalue weighted by molar-refractivity contribution is 7.15. The first-order chi connectivity index (χ1) is 16.0. The molecule has 0 bridgehead atoms. The number of carbonyl (C=O) groups is 2. The number of nitrogens with zero attached hydrogens (tertiary/aromatic N) is 4. The molecule has 0 aliphatic carbocycles. The Morgan fingerprint density at radius 1 is 1.27 bits per heavy atom. The van der Waals surface area contributed by atoms with Crippen molar-refractivity contribution in [2.45, 2.75) is 26.3 Å². The number of carbonyl (C=O) groups excluding carboxylic acids is 2. The van der Waals surface area contributed by atoms with Crippen LogP contribution in [0.25, 0.3) is 15.4 Å². The molecule has 1 N–H and O–H groups in total. The summed E-state index contributed by atoms with van der Waals surface area (Å²) in [5, 5.41) is 5.72. The van der Waals surface area contributed by atoms with Crippen LogP contribution in [-0.4, -0.2) is 57.3 Å². The molecule has 5 rings (SSSR count). The van der Waals surface area contributed by atoms with Gasteiger partial charge >= 0.3 is 0 Å². The zero-order chi connectivity index (χ0) is 23.1. The topological polar surface area (TPSA) is 88.8 Å². The molecule has 10 heteroatoms. The van der Waals surface area contributed by atoms with Crippen molar-refractivity contribution in [1.29, 1.82) is 0 Å². The summed E-state index contributed by atoms with van der Waals surface area (Å²) in [6, 6.07) is 7.59. The maximum Gasteiger partial charge on any atom is 0.274 e. The number of imidazole rings is 1. The number of likely N-dealkylation sites (tertiary alicyclic amines) is 1. The van der Waals surface area contributed by atoms with Crippen LogP contribution >= 0.6 is 22.7 Å². The first kappa shape index (κ1) is 21.6. The summed E-state index contributed by atoms with van der Waals surface area (Å²) in [4.78, 5) is 38.6. The van der Waals surface area contributed by atoms with Crippen molar-refractivity contribution in [2.24, 2.45) is 0 Å². The van der Waals surface area contributed by atoms with E-state index >= 15 is 0 Å². The Hall–Kier alpha value is -3.24. The standard InChI is InChI=1S/C23H23N5O3S2/c1-13-19(28-9-10-32-23(28)25-13)21(29)24-12-16-7-8-27(16)22(30)18-20(33-14(2)26-18)15-5-4-6-17(11-15)31-3/h4-6,9-11,16H,7-8,12H2,1-3H3,(H,24,29)/t16-/m0/s1. The predicted octanol–water partition coefficient (Wildman–Crippen LogP) is 3.79. The van der Waals surface area contributed by atoms with E-state index in [9.17, 15) is 9.59 Å². The Morgan fingerprint density at radius 3 is 2.88 bits per heavy atom. The smallest absolute Gasteiger partial charge is 0.274 e. The molecule has 4 aromatic rings. The van der Waals surface area contributed by atoms with Crippen LogP contribution in [0.4, 0.5) is 0 Å². The molecule has 1 aliphatic rings. The lowest BCUT2D eigenvalue weighted by Gasteiger charge is -2.40. The van der Waals surface area contributed by atoms with Crippen molar-refractivity contribution in [3.8, 4) is 16.2 Å². The number of nitrogens with one attached hydrogen (secondary N) is 1. The Morgan fingerprint density at radius 2 is 2.12 bits per heavy atom. The van der Waals surface area contributed by atoms with Gasteiger partial charge in [-0.3, -0.25) is 14.0 Å². The van der Waals surface area contributed by atoms with Gasteiger partial charge in [0.15, 0.2) is 4.96 Å². The van der Waals surface area contributed by atoms with Crippen LogP contribution in [0, 0.1) is 13.8 Å². The average molecular weight is 482 g/mol. The number of hydrogen-bond acceptors (Lipinski definition) is 7. The highest BCUT2D eigenvalue weighted by Crippen LogP contribution is 2.34. The molecule has 3 aromatic heterocycles. The molecular formula is C23H23N5O3S2. The lowest BCUT2D eigenvalue weighted by Crippen LogP contribution is -2.56. The van der Waals surface area contributed by atoms with Crippen LogP contribution in [-0.2, 0) is 0 Å². The van der Waals surface area contributed by atoms with Gasteiger partial charge < -0.3 is 15.0 Å². The molecule has 8 nitrogen and oxygen atoms in total. The van der Waals surface area contributed by atoms with Gasteiger partial charge in [0.05, 0.1) is 28.7 Å². The largest absolute Gasteiger partial charge is 0.497 e. The van der Waals surface area contributed by atoms with Crippen LogP contribution in [0.5, 0.6) is 5.75 Å². The molecule has 1 saturated heterocycles. The fraction of sp³-hybridized carbons (Fsp3) is 0.304. The van der Waals surface area contributed by atoms with Crippen LogP contribution in [0.2, 0.25) is 0 Å². The van der Waals surface area contributed by atoms with Crippen molar-refractivity contribution < 1.29 is 14.3 Å². The third-order valence-corrected chi connectivity index (χ3v) is 7.60. The van der Waals surface area contributed by atoms with E-state index in [1.54, 1.807) is 16.4 Å². The fourth-order valence-corrected chi connectivity index (χ4v) is 5.72. The molecule has 0 spiro atoms. The van der Waals surface area contributed by atoms with Gasteiger partial charge in [0.2, 0.25) is 0 Å². The lowest BCUT2D eigenvalue weighted by atomic mass is 10.0. The van der Waals surface area contributed by atoms with Crippen LogP contribution < -0.4 is 10.1 Å². The van der Waals surface area contributed by atoms with Crippen LogP contribution in [0.15, 0.2) is 35.8 Å². The Bertz CT molecular complexity index is 1360. The van der Waals surface area contributed by atoms with Crippen molar-refractivity contribution in [2.75, 3.05) is 20.2 Å². The van der Waals surface area contributed by atoms with Crippen molar-refractivity contribution in [3.05, 3.63) is 57.9 Å². The third-order valence-electron chi connectivity index (χ3n) is 5.82. The van der Waals surface area contributed by atoms with E-state index in [-0.39, 0.29) is 17.9 Å². The molecule has 4 heterocycles. The molecule has 0 saturated carbocycles. The molecule has 0 radical (unpaired) electrons. The van der Waals surface area contributed by atoms with Gasteiger partial charge in [-0.2, -0.15) is 0 Å². The van der Waals surface area contributed by atoms with Crippen LogP contribution in [0.3, 0.4) is 0 Å². The summed E-state index contributed by atoms with van der Waals surface area (Å²) in [5.41, 5.74) is 2.60. The molecule has 33 heavy (non-hydrogen) atoms. The average Bonchev–Trinajstić information content (AvgIpc) is 3.47. The predicted molar refractivity (Wildman–Crippen MR) is 128 cm³/mol. The highest BCUT2D eigenvalue weighted by Gasteiger charge is 2.35. The second-order valence-corrected chi connectivity index (χ2v) is 9.97. The molecular weight excluding hydrogens is 458 g/mol. The normalized spacial score (nSPS) is 15.5. The first-order valence-electron chi connectivity index (χ1n) is 10.6. The number of fused-ring (bicyclic) bond motifs is 1. The maximum atomic E-state index is 13.4. The monoisotopic (exact) mass is 481 g/mol. The van der Waals surface area contributed by atoms with Gasteiger partial charge in [0.1, 0.15) is 17.1 Å². The Kier molecular flexibility index (Phi) is 5.63. The number of aromatic nitrogens is 3. The maximum absolute atomic E-state index is 13.4. The van der Waals surface area contributed by atoms with E-state index in [2.05, 4.69) is 15.3 Å². The number of hydrogen-bond donors (Lipinski definition) is 1. The SMILES string of the molecule is COc1cccc(-c2sc(C)nc2C(=O)N2CC[C@H]2CNC(=O)c2c(C)nc3sccn23)c1. The summed E-state index contributed by atoms with van der Waals surface area (Å²) in [6.45, 7) is 4.77.